The van der Waals surface area contributed by atoms with E-state index in [1.54, 1.807) is 42.5 Å². The molecule has 2 heterocycles. The molecule has 1 amide bonds. The van der Waals surface area contributed by atoms with Gasteiger partial charge in [-0.2, -0.15) is 0 Å². The average molecular weight is 526 g/mol. The minimum absolute atomic E-state index is 0.0301. The number of pyridine rings is 1. The Hall–Kier alpha value is -4.71. The third kappa shape index (κ3) is 6.73. The minimum Gasteiger partial charge on any atom is -0.405 e. The summed E-state index contributed by atoms with van der Waals surface area (Å²) in [5, 5.41) is 9.18. The molecule has 0 aliphatic rings. The summed E-state index contributed by atoms with van der Waals surface area (Å²) in [4.78, 5) is 46.3. The van der Waals surface area contributed by atoms with Gasteiger partial charge < -0.3 is 19.7 Å². The van der Waals surface area contributed by atoms with Crippen LogP contribution in [0.15, 0.2) is 82.5 Å². The van der Waals surface area contributed by atoms with E-state index in [0.29, 0.717) is 22.4 Å². The number of nitrogens with zero attached hydrogens (tertiary/aromatic N) is 2. The number of hydrogen-bond donors (Lipinski definition) is 3. The Morgan fingerprint density at radius 3 is 2.32 bits per heavy atom. The fourth-order valence-corrected chi connectivity index (χ4v) is 3.74. The lowest BCUT2D eigenvalue weighted by Crippen LogP contribution is -2.34. The van der Waals surface area contributed by atoms with Crippen molar-refractivity contribution in [3.63, 3.8) is 0 Å². The lowest BCUT2D eigenvalue weighted by Gasteiger charge is -2.24. The van der Waals surface area contributed by atoms with Gasteiger partial charge >= 0.3 is 12.1 Å². The Balaban J connectivity index is 1.74. The van der Waals surface area contributed by atoms with Crippen LogP contribution in [-0.4, -0.2) is 37.2 Å². The molecule has 3 N–H and O–H groups in total. The molecule has 196 valence electrons. The summed E-state index contributed by atoms with van der Waals surface area (Å²) in [7, 11) is 0. The molecule has 2 aromatic carbocycles. The van der Waals surface area contributed by atoms with Crippen molar-refractivity contribution in [3.8, 4) is 16.9 Å². The molecule has 9 nitrogen and oxygen atoms in total. The van der Waals surface area contributed by atoms with Gasteiger partial charge in [0, 0.05) is 29.9 Å². The number of hydrogen-bond acceptors (Lipinski definition) is 6. The maximum Gasteiger partial charge on any atom is 0.573 e. The fourth-order valence-electron chi connectivity index (χ4n) is 3.74. The zero-order valence-corrected chi connectivity index (χ0v) is 19.7. The van der Waals surface area contributed by atoms with Gasteiger partial charge in [-0.1, -0.05) is 48.5 Å². The van der Waals surface area contributed by atoms with Crippen molar-refractivity contribution in [2.24, 2.45) is 0 Å². The molecule has 0 bridgehead atoms. The number of aliphatic hydroxyl groups is 1. The molecular weight excluding hydrogens is 505 g/mol. The van der Waals surface area contributed by atoms with E-state index in [4.69, 9.17) is 0 Å². The van der Waals surface area contributed by atoms with Crippen LogP contribution in [0, 0.1) is 0 Å². The van der Waals surface area contributed by atoms with Gasteiger partial charge in [0.05, 0.1) is 18.8 Å². The Labute approximate surface area is 213 Å². The molecule has 2 aromatic heterocycles. The highest BCUT2D eigenvalue weighted by atomic mass is 19.4. The maximum absolute atomic E-state index is 13.3. The second kappa shape index (κ2) is 11.1. The standard InChI is InChI=1S/C26H21F3N4O5/c27-26(28,29)38-22-10-17(18-8-9-20(15-34)30-12-18)6-7-19(22)14-33(13-16-4-2-1-3-5-16)24(36)21-11-23(35)32-25(37)31-21/h1-12,34H,13-15H2,(H2,31,32,35,37). The highest BCUT2D eigenvalue weighted by Gasteiger charge is 2.33. The molecule has 0 unspecified atom stereocenters. The van der Waals surface area contributed by atoms with Gasteiger partial charge in [0.1, 0.15) is 11.4 Å². The molecule has 4 rings (SSSR count). The Morgan fingerprint density at radius 2 is 1.68 bits per heavy atom. The third-order valence-corrected chi connectivity index (χ3v) is 5.47. The molecule has 0 aliphatic heterocycles. The van der Waals surface area contributed by atoms with Crippen LogP contribution < -0.4 is 16.0 Å². The molecule has 0 atom stereocenters. The summed E-state index contributed by atoms with van der Waals surface area (Å²) < 4.78 is 44.3. The highest BCUT2D eigenvalue weighted by Crippen LogP contribution is 2.32. The van der Waals surface area contributed by atoms with Gasteiger partial charge in [-0.05, 0) is 23.3 Å². The number of aliphatic hydroxyl groups excluding tert-OH is 1. The Morgan fingerprint density at radius 1 is 0.947 bits per heavy atom. The first-order valence-electron chi connectivity index (χ1n) is 11.2. The number of aromatic nitrogens is 3. The number of nitrogens with one attached hydrogen (secondary N) is 2. The zero-order valence-electron chi connectivity index (χ0n) is 19.7. The second-order valence-electron chi connectivity index (χ2n) is 8.21. The Bertz CT molecular complexity index is 1510. The van der Waals surface area contributed by atoms with Gasteiger partial charge in [-0.15, -0.1) is 13.2 Å². The minimum atomic E-state index is -5.02. The fraction of sp³-hybridized carbons (Fsp3) is 0.154. The van der Waals surface area contributed by atoms with E-state index in [0.717, 1.165) is 6.07 Å². The van der Waals surface area contributed by atoms with Crippen LogP contribution in [-0.2, 0) is 19.7 Å². The van der Waals surface area contributed by atoms with E-state index in [-0.39, 0.29) is 31.0 Å². The van der Waals surface area contributed by atoms with Gasteiger partial charge in [0.2, 0.25) is 0 Å². The number of carbonyl (C=O) groups excluding carboxylic acids is 1. The highest BCUT2D eigenvalue weighted by molar-refractivity contribution is 5.92. The molecule has 12 heteroatoms. The number of halogens is 3. The van der Waals surface area contributed by atoms with E-state index in [1.807, 2.05) is 4.98 Å². The van der Waals surface area contributed by atoms with E-state index >= 15 is 0 Å². The second-order valence-corrected chi connectivity index (χ2v) is 8.21. The van der Waals surface area contributed by atoms with Crippen LogP contribution in [0.1, 0.15) is 27.3 Å². The number of carbonyl (C=O) groups is 1. The van der Waals surface area contributed by atoms with Crippen LogP contribution in [0.5, 0.6) is 5.75 Å². The summed E-state index contributed by atoms with van der Waals surface area (Å²) in [6, 6.07) is 16.8. The van der Waals surface area contributed by atoms with Crippen molar-refractivity contribution in [3.05, 3.63) is 116 Å². The topological polar surface area (TPSA) is 128 Å². The maximum atomic E-state index is 13.3. The van der Waals surface area contributed by atoms with Gasteiger partial charge in [-0.3, -0.25) is 19.6 Å². The predicted octanol–water partition coefficient (Wildman–Crippen LogP) is 3.36. The molecule has 0 saturated heterocycles. The monoisotopic (exact) mass is 526 g/mol. The summed E-state index contributed by atoms with van der Waals surface area (Å²) >= 11 is 0. The summed E-state index contributed by atoms with van der Waals surface area (Å²) in [5.41, 5.74) is -0.0798. The first-order chi connectivity index (χ1) is 18.1. The zero-order chi connectivity index (χ0) is 27.3. The molecular formula is C26H21F3N4O5. The SMILES string of the molecule is O=C(c1cc(=O)[nH]c(=O)[nH]1)N(Cc1ccccc1)Cc1ccc(-c2ccc(CO)nc2)cc1OC(F)(F)F. The normalized spacial score (nSPS) is 11.3. The number of aromatic amines is 2. The number of amides is 1. The largest absolute Gasteiger partial charge is 0.573 e. The molecule has 0 saturated carbocycles. The quantitative estimate of drug-likeness (QED) is 0.323. The number of benzene rings is 2. The molecule has 0 fully saturated rings. The van der Waals surface area contributed by atoms with E-state index in [9.17, 15) is 32.7 Å². The van der Waals surface area contributed by atoms with E-state index in [1.165, 1.54) is 29.3 Å². The van der Waals surface area contributed by atoms with Crippen molar-refractivity contribution < 1.29 is 27.8 Å². The van der Waals surface area contributed by atoms with Crippen molar-refractivity contribution in [1.29, 1.82) is 0 Å². The average Bonchev–Trinajstić information content (AvgIpc) is 2.88. The summed E-state index contributed by atoms with van der Waals surface area (Å²) in [6.07, 6.45) is -3.61. The van der Waals surface area contributed by atoms with Crippen molar-refractivity contribution in [2.45, 2.75) is 26.1 Å². The van der Waals surface area contributed by atoms with Crippen LogP contribution in [0.3, 0.4) is 0 Å². The van der Waals surface area contributed by atoms with Gasteiger partial charge in [-0.25, -0.2) is 4.79 Å². The van der Waals surface area contributed by atoms with Crippen LogP contribution >= 0.6 is 0 Å². The van der Waals surface area contributed by atoms with Gasteiger partial charge in [0.15, 0.2) is 0 Å². The Kier molecular flexibility index (Phi) is 7.72. The lowest BCUT2D eigenvalue weighted by atomic mass is 10.0. The van der Waals surface area contributed by atoms with Crippen molar-refractivity contribution in [2.75, 3.05) is 0 Å². The molecule has 0 spiro atoms. The number of alkyl halides is 3. The first kappa shape index (κ1) is 26.4. The first-order valence-corrected chi connectivity index (χ1v) is 11.2. The molecule has 0 radical (unpaired) electrons. The number of H-pyrrole nitrogens is 2. The van der Waals surface area contributed by atoms with Crippen molar-refractivity contribution in [1.82, 2.24) is 19.9 Å². The van der Waals surface area contributed by atoms with Crippen LogP contribution in [0.4, 0.5) is 13.2 Å². The lowest BCUT2D eigenvalue weighted by molar-refractivity contribution is -0.274. The molecule has 38 heavy (non-hydrogen) atoms. The molecule has 0 aliphatic carbocycles. The van der Waals surface area contributed by atoms with Crippen LogP contribution in [0.25, 0.3) is 11.1 Å². The van der Waals surface area contributed by atoms with Gasteiger partial charge in [0.25, 0.3) is 11.5 Å². The summed E-state index contributed by atoms with van der Waals surface area (Å²) in [5.74, 6) is -1.31. The summed E-state index contributed by atoms with van der Waals surface area (Å²) in [6.45, 7) is -0.657. The molecule has 4 aromatic rings. The predicted molar refractivity (Wildman–Crippen MR) is 130 cm³/mol. The van der Waals surface area contributed by atoms with E-state index in [2.05, 4.69) is 14.7 Å². The van der Waals surface area contributed by atoms with E-state index < -0.39 is 29.3 Å². The number of rotatable bonds is 8. The smallest absolute Gasteiger partial charge is 0.405 e. The van der Waals surface area contributed by atoms with Crippen LogP contribution in [0.2, 0.25) is 0 Å². The number of ether oxygens (including phenoxy) is 1. The van der Waals surface area contributed by atoms with Crippen molar-refractivity contribution >= 4 is 5.91 Å². The third-order valence-electron chi connectivity index (χ3n) is 5.47.